The molecule has 1 fully saturated rings. The first-order valence-corrected chi connectivity index (χ1v) is 8.23. The van der Waals surface area contributed by atoms with Gasteiger partial charge in [-0.15, -0.1) is 0 Å². The molecule has 0 heterocycles. The highest BCUT2D eigenvalue weighted by Gasteiger charge is 2.20. The van der Waals surface area contributed by atoms with Gasteiger partial charge in [0.05, 0.1) is 13.5 Å². The predicted molar refractivity (Wildman–Crippen MR) is 91.9 cm³/mol. The third-order valence-corrected chi connectivity index (χ3v) is 4.14. The van der Waals surface area contributed by atoms with Crippen molar-refractivity contribution in [2.24, 2.45) is 5.92 Å². The maximum absolute atomic E-state index is 12.1. The largest absolute Gasteiger partial charge is 0.503 e. The van der Waals surface area contributed by atoms with E-state index in [1.54, 1.807) is 19.2 Å². The number of rotatable bonds is 4. The van der Waals surface area contributed by atoms with Gasteiger partial charge in [0.2, 0.25) is 5.91 Å². The van der Waals surface area contributed by atoms with Crippen LogP contribution in [0.15, 0.2) is 18.2 Å². The van der Waals surface area contributed by atoms with Crippen LogP contribution in [0, 0.1) is 5.92 Å². The lowest BCUT2D eigenvalue weighted by Crippen LogP contribution is -2.38. The Kier molecular flexibility index (Phi) is 8.40. The highest BCUT2D eigenvalue weighted by Crippen LogP contribution is 2.25. The summed E-state index contributed by atoms with van der Waals surface area (Å²) in [5, 5.41) is 17.7. The first-order valence-electron chi connectivity index (χ1n) is 7.85. The zero-order valence-corrected chi connectivity index (χ0v) is 14.7. The molecular weight excluding hydrogens is 334 g/mol. The van der Waals surface area contributed by atoms with Crippen molar-refractivity contribution < 1.29 is 24.5 Å². The first-order chi connectivity index (χ1) is 11.3. The average Bonchev–Trinajstić information content (AvgIpc) is 2.48. The van der Waals surface area contributed by atoms with Gasteiger partial charge < -0.3 is 20.3 Å². The summed E-state index contributed by atoms with van der Waals surface area (Å²) in [6.45, 7) is 2.25. The molecule has 0 bridgehead atoms. The van der Waals surface area contributed by atoms with E-state index in [0.29, 0.717) is 29.2 Å². The van der Waals surface area contributed by atoms with Gasteiger partial charge in [-0.05, 0) is 30.9 Å². The second kappa shape index (κ2) is 10.0. The van der Waals surface area contributed by atoms with E-state index in [1.165, 1.54) is 12.8 Å². The summed E-state index contributed by atoms with van der Waals surface area (Å²) in [5.74, 6) is 1.44. The Morgan fingerprint density at radius 2 is 2.00 bits per heavy atom. The fourth-order valence-corrected chi connectivity index (χ4v) is 3.04. The molecule has 0 aromatic heterocycles. The Morgan fingerprint density at radius 1 is 1.33 bits per heavy atom. The van der Waals surface area contributed by atoms with Crippen LogP contribution in [0.25, 0.3) is 0 Å². The number of nitrogens with one attached hydrogen (secondary N) is 1. The maximum Gasteiger partial charge on any atom is 0.503 e. The number of benzene rings is 1. The molecule has 2 unspecified atom stereocenters. The van der Waals surface area contributed by atoms with Crippen LogP contribution in [0.3, 0.4) is 0 Å². The highest BCUT2D eigenvalue weighted by atomic mass is 35.5. The Balaban J connectivity index is 0.000000648. The van der Waals surface area contributed by atoms with E-state index in [1.807, 2.05) is 6.07 Å². The molecule has 1 aliphatic carbocycles. The summed E-state index contributed by atoms with van der Waals surface area (Å²) in [6.07, 6.45) is 3.16. The molecule has 1 aromatic rings. The topological polar surface area (TPSA) is 95.9 Å². The van der Waals surface area contributed by atoms with Crippen molar-refractivity contribution >= 4 is 23.7 Å². The van der Waals surface area contributed by atoms with Gasteiger partial charge in [-0.2, -0.15) is 0 Å². The lowest BCUT2D eigenvalue weighted by Gasteiger charge is -2.27. The summed E-state index contributed by atoms with van der Waals surface area (Å²) < 4.78 is 5.27. The Hall–Kier alpha value is -1.95. The molecule has 2 atom stereocenters. The van der Waals surface area contributed by atoms with Crippen molar-refractivity contribution in [2.45, 2.75) is 45.1 Å². The highest BCUT2D eigenvalue weighted by molar-refractivity contribution is 6.30. The van der Waals surface area contributed by atoms with Gasteiger partial charge in [0.1, 0.15) is 5.75 Å². The predicted octanol–water partition coefficient (Wildman–Crippen LogP) is 3.81. The molecule has 1 saturated carbocycles. The van der Waals surface area contributed by atoms with Crippen LogP contribution in [-0.2, 0) is 11.2 Å². The van der Waals surface area contributed by atoms with Crippen molar-refractivity contribution in [3.8, 4) is 5.75 Å². The summed E-state index contributed by atoms with van der Waals surface area (Å²) in [6, 6.07) is 5.71. The number of hydrogen-bond donors (Lipinski definition) is 3. The minimum Gasteiger partial charge on any atom is -0.496 e. The quantitative estimate of drug-likeness (QED) is 0.761. The Morgan fingerprint density at radius 3 is 2.58 bits per heavy atom. The number of ether oxygens (including phenoxy) is 1. The van der Waals surface area contributed by atoms with Crippen molar-refractivity contribution in [1.82, 2.24) is 5.32 Å². The van der Waals surface area contributed by atoms with Crippen molar-refractivity contribution in [1.29, 1.82) is 0 Å². The number of amides is 1. The maximum atomic E-state index is 12.1. The second-order valence-corrected chi connectivity index (χ2v) is 6.39. The fourth-order valence-electron chi connectivity index (χ4n) is 2.88. The van der Waals surface area contributed by atoms with E-state index < -0.39 is 6.16 Å². The first kappa shape index (κ1) is 20.1. The van der Waals surface area contributed by atoms with E-state index in [4.69, 9.17) is 31.3 Å². The molecule has 134 valence electrons. The number of hydrogen-bond acceptors (Lipinski definition) is 3. The standard InChI is InChI=1S/C16H22ClNO2.CH2O3/c1-11-4-3-5-14(8-11)18-16(19)9-12-6-7-13(17)10-15(12)20-2;2-1(3)4/h6-7,10-11,14H,3-5,8-9H2,1-2H3,(H,18,19);(H2,2,3,4). The lowest BCUT2D eigenvalue weighted by atomic mass is 9.87. The SMILES string of the molecule is COc1cc(Cl)ccc1CC(=O)NC1CCCC(C)C1.O=C(O)O. The van der Waals surface area contributed by atoms with E-state index in [2.05, 4.69) is 12.2 Å². The summed E-state index contributed by atoms with van der Waals surface area (Å²) >= 11 is 5.92. The lowest BCUT2D eigenvalue weighted by molar-refractivity contribution is -0.121. The monoisotopic (exact) mass is 357 g/mol. The molecule has 3 N–H and O–H groups in total. The average molecular weight is 358 g/mol. The zero-order valence-electron chi connectivity index (χ0n) is 13.9. The van der Waals surface area contributed by atoms with Crippen LogP contribution in [0.1, 0.15) is 38.2 Å². The van der Waals surface area contributed by atoms with E-state index in [0.717, 1.165) is 18.4 Å². The minimum atomic E-state index is -1.83. The minimum absolute atomic E-state index is 0.0599. The van der Waals surface area contributed by atoms with Gasteiger partial charge >= 0.3 is 6.16 Å². The normalized spacial score (nSPS) is 19.6. The van der Waals surface area contributed by atoms with E-state index in [9.17, 15) is 4.79 Å². The summed E-state index contributed by atoms with van der Waals surface area (Å²) in [4.78, 5) is 20.7. The number of carbonyl (C=O) groups excluding carboxylic acids is 1. The number of methoxy groups -OCH3 is 1. The second-order valence-electron chi connectivity index (χ2n) is 5.95. The van der Waals surface area contributed by atoms with Gasteiger partial charge in [-0.3, -0.25) is 4.79 Å². The number of carbonyl (C=O) groups is 2. The van der Waals surface area contributed by atoms with Gasteiger partial charge in [-0.25, -0.2) is 4.79 Å². The van der Waals surface area contributed by atoms with Crippen LogP contribution in [0.4, 0.5) is 4.79 Å². The summed E-state index contributed by atoms with van der Waals surface area (Å²) in [7, 11) is 1.59. The molecule has 0 aliphatic heterocycles. The summed E-state index contributed by atoms with van der Waals surface area (Å²) in [5.41, 5.74) is 0.873. The fraction of sp³-hybridized carbons (Fsp3) is 0.529. The van der Waals surface area contributed by atoms with Gasteiger partial charge in [0.25, 0.3) is 0 Å². The van der Waals surface area contributed by atoms with E-state index >= 15 is 0 Å². The smallest absolute Gasteiger partial charge is 0.496 e. The Labute approximate surface area is 146 Å². The van der Waals surface area contributed by atoms with Gasteiger partial charge in [0.15, 0.2) is 0 Å². The van der Waals surface area contributed by atoms with Crippen LogP contribution in [-0.4, -0.2) is 35.4 Å². The molecule has 1 aromatic carbocycles. The van der Waals surface area contributed by atoms with Crippen LogP contribution < -0.4 is 10.1 Å². The molecule has 7 heteroatoms. The third kappa shape index (κ3) is 7.55. The number of halogens is 1. The Bertz CT molecular complexity index is 560. The third-order valence-electron chi connectivity index (χ3n) is 3.90. The van der Waals surface area contributed by atoms with Gasteiger partial charge in [0, 0.05) is 16.6 Å². The van der Waals surface area contributed by atoms with Gasteiger partial charge in [-0.1, -0.05) is 37.4 Å². The molecule has 6 nitrogen and oxygen atoms in total. The molecule has 1 amide bonds. The molecule has 1 aliphatic rings. The van der Waals surface area contributed by atoms with Crippen molar-refractivity contribution in [2.75, 3.05) is 7.11 Å². The van der Waals surface area contributed by atoms with Crippen LogP contribution >= 0.6 is 11.6 Å². The van der Waals surface area contributed by atoms with Crippen LogP contribution in [0.2, 0.25) is 5.02 Å². The molecule has 2 rings (SSSR count). The molecule has 0 radical (unpaired) electrons. The molecular formula is C17H24ClNO5. The van der Waals surface area contributed by atoms with Crippen LogP contribution in [0.5, 0.6) is 5.75 Å². The molecule has 0 saturated heterocycles. The zero-order chi connectivity index (χ0) is 18.1. The van der Waals surface area contributed by atoms with E-state index in [-0.39, 0.29) is 5.91 Å². The molecule has 24 heavy (non-hydrogen) atoms. The van der Waals surface area contributed by atoms with Crippen molar-refractivity contribution in [3.63, 3.8) is 0 Å². The van der Waals surface area contributed by atoms with Crippen molar-refractivity contribution in [3.05, 3.63) is 28.8 Å². The number of carboxylic acid groups (broad SMARTS) is 2. The molecule has 0 spiro atoms.